The predicted molar refractivity (Wildman–Crippen MR) is 133 cm³/mol. The molecular formula is C22H74. The van der Waals surface area contributed by atoms with Crippen molar-refractivity contribution in [1.82, 2.24) is 0 Å². The van der Waals surface area contributed by atoms with Crippen molar-refractivity contribution < 1.29 is 0 Å². The maximum atomic E-state index is 2.00. The van der Waals surface area contributed by atoms with E-state index in [-0.39, 0.29) is 59.4 Å². The summed E-state index contributed by atoms with van der Waals surface area (Å²) in [5.74, 6) is 0. The maximum absolute atomic E-state index is 2.00. The second kappa shape index (κ2) is 0. The van der Waals surface area contributed by atoms with Crippen molar-refractivity contribution in [3.63, 3.8) is 0 Å². The first-order valence-corrected chi connectivity index (χ1v) is 7.00. The van der Waals surface area contributed by atoms with Crippen LogP contribution in [-0.2, 0) is 0 Å². The van der Waals surface area contributed by atoms with E-state index in [1.807, 2.05) is 96.9 Å². The van der Waals surface area contributed by atoms with Crippen LogP contribution in [0.3, 0.4) is 0 Å². The third-order valence-corrected chi connectivity index (χ3v) is 0. The fraction of sp³-hybridized carbons (Fsp3) is 1.00. The molecule has 0 aromatic rings. The Morgan fingerprint density at radius 3 is 0.136 bits per heavy atom. The van der Waals surface area contributed by atoms with Gasteiger partial charge in [-0.05, 0) is 0 Å². The van der Waals surface area contributed by atoms with E-state index in [4.69, 9.17) is 0 Å². The lowest BCUT2D eigenvalue weighted by atomic mass is 11.0. The van der Waals surface area contributed by atoms with Crippen LogP contribution >= 0.6 is 0 Å². The minimum Gasteiger partial charge on any atom is -0.0776 e. The first-order chi connectivity index (χ1) is 7.00. The standard InChI is InChI=1S/7C2H6.8CH4/c7*1-2;;;;;;;;/h7*1-2H3;8*1H4. The smallest absolute Gasteiger partial charge is 0.0683 e. The third-order valence-electron chi connectivity index (χ3n) is 0. The van der Waals surface area contributed by atoms with Gasteiger partial charge in [-0.2, -0.15) is 0 Å². The highest BCUT2D eigenvalue weighted by Gasteiger charge is 0.944. The summed E-state index contributed by atoms with van der Waals surface area (Å²) in [6.07, 6.45) is 0. The number of hydrogen-bond donors (Lipinski definition) is 0. The van der Waals surface area contributed by atoms with Crippen molar-refractivity contribution in [1.29, 1.82) is 0 Å². The molecule has 0 aromatic carbocycles. The molecule has 0 unspecified atom stereocenters. The van der Waals surface area contributed by atoms with Crippen LogP contribution < -0.4 is 0 Å². The van der Waals surface area contributed by atoms with Gasteiger partial charge in [0.15, 0.2) is 0 Å². The molecule has 0 atom stereocenters. The molecule has 162 valence electrons. The summed E-state index contributed by atoms with van der Waals surface area (Å²) in [6.45, 7) is 28.0. The van der Waals surface area contributed by atoms with Crippen LogP contribution in [0.25, 0.3) is 0 Å². The van der Waals surface area contributed by atoms with Crippen LogP contribution in [0.4, 0.5) is 0 Å². The molecule has 0 amide bonds. The molecule has 0 bridgehead atoms. The first kappa shape index (κ1) is 198. The first-order valence-electron chi connectivity index (χ1n) is 7.00. The van der Waals surface area contributed by atoms with E-state index in [1.165, 1.54) is 0 Å². The predicted octanol–water partition coefficient (Wildman–Crippen LogP) is 12.3. The Kier molecular flexibility index (Phi) is 0. The molecule has 0 aromatic heterocycles. The van der Waals surface area contributed by atoms with E-state index in [2.05, 4.69) is 0 Å². The Morgan fingerprint density at radius 1 is 0.136 bits per heavy atom. The fourth-order valence-electron chi connectivity index (χ4n) is 0. The molecule has 0 N–H and O–H groups in total. The molecule has 0 spiro atoms. The average Bonchev–Trinajstić information content (AvgIpc) is 2.45. The van der Waals surface area contributed by atoms with Crippen LogP contribution in [0.15, 0.2) is 0 Å². The summed E-state index contributed by atoms with van der Waals surface area (Å²) in [7, 11) is 0. The maximum Gasteiger partial charge on any atom is -0.0683 e. The van der Waals surface area contributed by atoms with Crippen molar-refractivity contribution >= 4 is 0 Å². The summed E-state index contributed by atoms with van der Waals surface area (Å²) in [5, 5.41) is 0. The van der Waals surface area contributed by atoms with Crippen LogP contribution in [0.5, 0.6) is 0 Å². The zero-order chi connectivity index (χ0) is 14.0. The van der Waals surface area contributed by atoms with Crippen molar-refractivity contribution in [3.8, 4) is 0 Å². The van der Waals surface area contributed by atoms with Gasteiger partial charge in [-0.3, -0.25) is 0 Å². The van der Waals surface area contributed by atoms with E-state index in [0.717, 1.165) is 0 Å². The molecule has 0 heterocycles. The highest BCUT2D eigenvalue weighted by molar-refractivity contribution is 3.52. The molecule has 0 rings (SSSR count). The van der Waals surface area contributed by atoms with Crippen LogP contribution in [-0.4, -0.2) is 0 Å². The van der Waals surface area contributed by atoms with Crippen molar-refractivity contribution in [3.05, 3.63) is 0 Å². The van der Waals surface area contributed by atoms with E-state index >= 15 is 0 Å². The monoisotopic (exact) mass is 339 g/mol. The average molecular weight is 339 g/mol. The second-order valence-corrected chi connectivity index (χ2v) is 0. The van der Waals surface area contributed by atoms with E-state index in [0.29, 0.717) is 0 Å². The molecule has 0 nitrogen and oxygen atoms in total. The summed E-state index contributed by atoms with van der Waals surface area (Å²) < 4.78 is 0. The van der Waals surface area contributed by atoms with Gasteiger partial charge >= 0.3 is 0 Å². The van der Waals surface area contributed by atoms with Gasteiger partial charge in [-0.1, -0.05) is 156 Å². The minimum atomic E-state index is 0. The molecule has 0 aliphatic rings. The molecule has 0 saturated carbocycles. The van der Waals surface area contributed by atoms with E-state index in [9.17, 15) is 0 Å². The Bertz CT molecular complexity index is 0. The lowest BCUT2D eigenvalue weighted by Crippen LogP contribution is -0.856. The van der Waals surface area contributed by atoms with Crippen molar-refractivity contribution in [2.24, 2.45) is 0 Å². The van der Waals surface area contributed by atoms with Gasteiger partial charge in [-0.15, -0.1) is 0 Å². The van der Waals surface area contributed by atoms with Crippen molar-refractivity contribution in [2.75, 3.05) is 0 Å². The Labute approximate surface area is 156 Å². The summed E-state index contributed by atoms with van der Waals surface area (Å²) in [5.41, 5.74) is 0. The van der Waals surface area contributed by atoms with Crippen molar-refractivity contribution in [2.45, 2.75) is 156 Å². The molecule has 22 heavy (non-hydrogen) atoms. The van der Waals surface area contributed by atoms with E-state index < -0.39 is 0 Å². The Balaban J connectivity index is -0.00000000188. The number of rotatable bonds is 0. The van der Waals surface area contributed by atoms with Crippen LogP contribution in [0.2, 0.25) is 0 Å². The zero-order valence-corrected chi connectivity index (χ0v) is 14.0. The lowest BCUT2D eigenvalue weighted by Gasteiger charge is -1.07. The summed E-state index contributed by atoms with van der Waals surface area (Å²) in [4.78, 5) is 0. The number of hydrogen-bond acceptors (Lipinski definition) is 0. The topological polar surface area (TPSA) is 0 Å². The van der Waals surface area contributed by atoms with Gasteiger partial charge in [0.1, 0.15) is 0 Å². The van der Waals surface area contributed by atoms with E-state index in [1.54, 1.807) is 0 Å². The second-order valence-electron chi connectivity index (χ2n) is 0. The largest absolute Gasteiger partial charge is 0.0776 e. The van der Waals surface area contributed by atoms with Crippen LogP contribution in [0, 0.1) is 0 Å². The van der Waals surface area contributed by atoms with Crippen LogP contribution in [0.1, 0.15) is 156 Å². The molecule has 0 heteroatoms. The highest BCUT2D eigenvalue weighted by Crippen LogP contribution is 1.16. The third kappa shape index (κ3) is 0. The van der Waals surface area contributed by atoms with Gasteiger partial charge in [0, 0.05) is 0 Å². The Morgan fingerprint density at radius 2 is 0.136 bits per heavy atom. The molecular weight excluding hydrogens is 264 g/mol. The molecule has 0 radical (unpaired) electrons. The quantitative estimate of drug-likeness (QED) is 0.411. The SMILES string of the molecule is C.C.C.C.C.C.C.C.CC.CC.CC.CC.CC.CC.CC. The fourth-order valence-corrected chi connectivity index (χ4v) is 0. The lowest BCUT2D eigenvalue weighted by molar-refractivity contribution is 1.50. The Hall–Kier alpha value is 0. The highest BCUT2D eigenvalue weighted by atomic mass is 13.0. The van der Waals surface area contributed by atoms with Gasteiger partial charge < -0.3 is 0 Å². The minimum absolute atomic E-state index is 0. The molecule has 0 aliphatic carbocycles. The molecule has 0 saturated heterocycles. The van der Waals surface area contributed by atoms with Gasteiger partial charge in [0.25, 0.3) is 0 Å². The normalized spacial score (nSPS) is 1.91. The molecule has 0 fully saturated rings. The zero-order valence-electron chi connectivity index (χ0n) is 14.0. The van der Waals surface area contributed by atoms with Gasteiger partial charge in [0.2, 0.25) is 0 Å². The van der Waals surface area contributed by atoms with Gasteiger partial charge in [0.05, 0.1) is 0 Å². The molecule has 0 aliphatic heterocycles. The van der Waals surface area contributed by atoms with Gasteiger partial charge in [-0.25, -0.2) is 0 Å². The summed E-state index contributed by atoms with van der Waals surface area (Å²) >= 11 is 0. The summed E-state index contributed by atoms with van der Waals surface area (Å²) in [6, 6.07) is 0.